The molecule has 0 aliphatic carbocycles. The number of benzene rings is 1. The Morgan fingerprint density at radius 2 is 2.16 bits per heavy atom. The first-order valence-electron chi connectivity index (χ1n) is 8.28. The van der Waals surface area contributed by atoms with Crippen LogP contribution in [-0.2, 0) is 9.53 Å². The monoisotopic (exact) mass is 364 g/mol. The molecule has 1 aliphatic heterocycles. The van der Waals surface area contributed by atoms with E-state index in [9.17, 15) is 4.79 Å². The van der Waals surface area contributed by atoms with Crippen LogP contribution in [0.4, 0.5) is 0 Å². The number of hydrogen-bond acceptors (Lipinski definition) is 7. The molecule has 1 aromatic carbocycles. The molecule has 1 unspecified atom stereocenters. The molecule has 25 heavy (non-hydrogen) atoms. The van der Waals surface area contributed by atoms with Crippen molar-refractivity contribution in [2.24, 2.45) is 0 Å². The first kappa shape index (κ1) is 17.8. The zero-order chi connectivity index (χ0) is 17.6. The fourth-order valence-corrected chi connectivity index (χ4v) is 3.10. The molecule has 2 heterocycles. The highest BCUT2D eigenvalue weighted by Crippen LogP contribution is 2.24. The number of rotatable bonds is 7. The van der Waals surface area contributed by atoms with Gasteiger partial charge in [0.15, 0.2) is 5.82 Å². The van der Waals surface area contributed by atoms with Gasteiger partial charge in [0.25, 0.3) is 12.4 Å². The number of piperazine rings is 1. The van der Waals surface area contributed by atoms with Crippen molar-refractivity contribution >= 4 is 18.1 Å². The lowest BCUT2D eigenvalue weighted by molar-refractivity contribution is -0.129. The zero-order valence-electron chi connectivity index (χ0n) is 14.1. The van der Waals surface area contributed by atoms with Gasteiger partial charge in [-0.3, -0.25) is 14.6 Å². The van der Waals surface area contributed by atoms with Crippen LogP contribution in [-0.4, -0.2) is 65.7 Å². The first-order valence-corrected chi connectivity index (χ1v) is 8.66. The summed E-state index contributed by atoms with van der Waals surface area (Å²) < 4.78 is 10.2. The quantitative estimate of drug-likeness (QED) is 0.551. The molecule has 134 valence electrons. The number of nitrogens with zero attached hydrogens (tertiary/aromatic N) is 4. The average molecular weight is 365 g/mol. The summed E-state index contributed by atoms with van der Waals surface area (Å²) in [7, 11) is 0. The number of aromatic nitrogens is 2. The van der Waals surface area contributed by atoms with Gasteiger partial charge in [-0.2, -0.15) is 4.98 Å². The van der Waals surface area contributed by atoms with Crippen LogP contribution in [0.5, 0.6) is 0 Å². The third-order valence-corrected chi connectivity index (χ3v) is 4.67. The summed E-state index contributed by atoms with van der Waals surface area (Å²) in [5, 5.41) is 4.77. The molecular weight excluding hydrogens is 344 g/mol. The number of carbonyl (C=O) groups is 1. The maximum atomic E-state index is 10.2. The lowest BCUT2D eigenvalue weighted by atomic mass is 10.2. The number of ether oxygens (including phenoxy) is 1. The van der Waals surface area contributed by atoms with Crippen molar-refractivity contribution in [3.63, 3.8) is 0 Å². The smallest absolute Gasteiger partial charge is 0.293 e. The topological polar surface area (TPSA) is 71.7 Å². The molecule has 7 nitrogen and oxygen atoms in total. The van der Waals surface area contributed by atoms with Crippen LogP contribution >= 0.6 is 11.6 Å². The molecule has 1 aromatic heterocycles. The SMILES string of the molecule is CC(c1noc(-c2cccc(Cl)c2)n1)N1CCN(CCOC=O)CC1. The third kappa shape index (κ3) is 4.56. The Kier molecular flexibility index (Phi) is 6.01. The van der Waals surface area contributed by atoms with Crippen LogP contribution in [0.15, 0.2) is 28.8 Å². The number of halogens is 1. The minimum atomic E-state index is 0.0741. The van der Waals surface area contributed by atoms with Gasteiger partial charge in [-0.15, -0.1) is 0 Å². The van der Waals surface area contributed by atoms with Crippen molar-refractivity contribution in [3.05, 3.63) is 35.1 Å². The maximum Gasteiger partial charge on any atom is 0.293 e. The van der Waals surface area contributed by atoms with Gasteiger partial charge in [-0.25, -0.2) is 0 Å². The van der Waals surface area contributed by atoms with E-state index < -0.39 is 0 Å². The predicted molar refractivity (Wildman–Crippen MR) is 93.2 cm³/mol. The first-order chi connectivity index (χ1) is 12.2. The van der Waals surface area contributed by atoms with Crippen molar-refractivity contribution in [3.8, 4) is 11.5 Å². The standard InChI is InChI=1S/C17H21ClN4O3/c1-13(22-7-5-21(6-8-22)9-10-24-12-23)16-19-17(25-20-16)14-3-2-4-15(18)11-14/h2-4,11-13H,5-10H2,1H3. The van der Waals surface area contributed by atoms with Crippen molar-refractivity contribution in [1.29, 1.82) is 0 Å². The average Bonchev–Trinajstić information content (AvgIpc) is 3.12. The van der Waals surface area contributed by atoms with Crippen molar-refractivity contribution in [2.75, 3.05) is 39.3 Å². The normalized spacial score (nSPS) is 17.4. The van der Waals surface area contributed by atoms with E-state index in [4.69, 9.17) is 20.9 Å². The summed E-state index contributed by atoms with van der Waals surface area (Å²) in [6, 6.07) is 7.45. The van der Waals surface area contributed by atoms with Crippen LogP contribution in [0.1, 0.15) is 18.8 Å². The van der Waals surface area contributed by atoms with Crippen LogP contribution in [0.2, 0.25) is 5.02 Å². The Bertz CT molecular complexity index is 701. The molecule has 0 N–H and O–H groups in total. The molecular formula is C17H21ClN4O3. The van der Waals surface area contributed by atoms with Gasteiger partial charge in [0.05, 0.1) is 6.04 Å². The van der Waals surface area contributed by atoms with E-state index in [1.807, 2.05) is 24.3 Å². The minimum absolute atomic E-state index is 0.0741. The van der Waals surface area contributed by atoms with E-state index in [2.05, 4.69) is 26.9 Å². The second-order valence-corrected chi connectivity index (χ2v) is 6.43. The third-order valence-electron chi connectivity index (χ3n) is 4.43. The van der Waals surface area contributed by atoms with Gasteiger partial charge in [0, 0.05) is 43.3 Å². The number of hydrogen-bond donors (Lipinski definition) is 0. The highest BCUT2D eigenvalue weighted by Gasteiger charge is 2.25. The Balaban J connectivity index is 1.57. The highest BCUT2D eigenvalue weighted by molar-refractivity contribution is 6.30. The molecule has 0 radical (unpaired) electrons. The summed E-state index contributed by atoms with van der Waals surface area (Å²) in [4.78, 5) is 19.3. The van der Waals surface area contributed by atoms with Crippen LogP contribution in [0.25, 0.3) is 11.5 Å². The van der Waals surface area contributed by atoms with Gasteiger partial charge in [0.2, 0.25) is 0 Å². The van der Waals surface area contributed by atoms with E-state index in [1.165, 1.54) is 0 Å². The number of carbonyl (C=O) groups excluding carboxylic acids is 1. The lowest BCUT2D eigenvalue weighted by Crippen LogP contribution is -2.48. The second-order valence-electron chi connectivity index (χ2n) is 5.99. The fourth-order valence-electron chi connectivity index (χ4n) is 2.91. The molecule has 8 heteroatoms. The molecule has 1 saturated heterocycles. The Morgan fingerprint density at radius 1 is 1.36 bits per heavy atom. The molecule has 1 fully saturated rings. The fraction of sp³-hybridized carbons (Fsp3) is 0.471. The van der Waals surface area contributed by atoms with E-state index in [-0.39, 0.29) is 6.04 Å². The Hall–Kier alpha value is -1.96. The van der Waals surface area contributed by atoms with Gasteiger partial charge in [-0.05, 0) is 25.1 Å². The molecule has 0 amide bonds. The molecule has 0 bridgehead atoms. The van der Waals surface area contributed by atoms with Crippen molar-refractivity contribution < 1.29 is 14.1 Å². The summed E-state index contributed by atoms with van der Waals surface area (Å²) in [5.74, 6) is 1.15. The Labute approximate surface area is 151 Å². The van der Waals surface area contributed by atoms with E-state index in [1.54, 1.807) is 0 Å². The van der Waals surface area contributed by atoms with Gasteiger partial charge >= 0.3 is 0 Å². The van der Waals surface area contributed by atoms with Crippen LogP contribution in [0, 0.1) is 0 Å². The predicted octanol–water partition coefficient (Wildman–Crippen LogP) is 2.24. The van der Waals surface area contributed by atoms with Crippen molar-refractivity contribution in [1.82, 2.24) is 19.9 Å². The summed E-state index contributed by atoms with van der Waals surface area (Å²) >= 11 is 6.01. The molecule has 3 rings (SSSR count). The molecule has 0 spiro atoms. The largest absolute Gasteiger partial charge is 0.467 e. The summed E-state index contributed by atoms with van der Waals surface area (Å²) in [5.41, 5.74) is 0.818. The van der Waals surface area contributed by atoms with Gasteiger partial charge in [-0.1, -0.05) is 22.8 Å². The summed E-state index contributed by atoms with van der Waals surface area (Å²) in [6.45, 7) is 7.43. The molecule has 1 aliphatic rings. The minimum Gasteiger partial charge on any atom is -0.467 e. The Morgan fingerprint density at radius 3 is 2.88 bits per heavy atom. The highest BCUT2D eigenvalue weighted by atomic mass is 35.5. The maximum absolute atomic E-state index is 10.2. The molecule has 1 atom stereocenters. The van der Waals surface area contributed by atoms with Crippen molar-refractivity contribution in [2.45, 2.75) is 13.0 Å². The molecule has 2 aromatic rings. The van der Waals surface area contributed by atoms with Crippen LogP contribution in [0.3, 0.4) is 0 Å². The van der Waals surface area contributed by atoms with E-state index in [0.29, 0.717) is 29.8 Å². The summed E-state index contributed by atoms with van der Waals surface area (Å²) in [6.07, 6.45) is 0. The van der Waals surface area contributed by atoms with E-state index in [0.717, 1.165) is 38.3 Å². The van der Waals surface area contributed by atoms with Gasteiger partial charge < -0.3 is 9.26 Å². The van der Waals surface area contributed by atoms with E-state index >= 15 is 0 Å². The molecule has 0 saturated carbocycles. The van der Waals surface area contributed by atoms with Crippen LogP contribution < -0.4 is 0 Å². The lowest BCUT2D eigenvalue weighted by Gasteiger charge is -2.36. The van der Waals surface area contributed by atoms with Gasteiger partial charge in [0.1, 0.15) is 6.61 Å². The zero-order valence-corrected chi connectivity index (χ0v) is 14.9. The second kappa shape index (κ2) is 8.42.